The topological polar surface area (TPSA) is 27.0 Å². The Hall–Kier alpha value is -1.53. The number of hydrogen-bond donors (Lipinski definition) is 0. The van der Waals surface area contributed by atoms with Crippen LogP contribution in [-0.2, 0) is 11.8 Å². The maximum atomic E-state index is 10.2. The minimum absolute atomic E-state index is 0.369. The second kappa shape index (κ2) is 10.5. The molecular weight excluding hydrogens is 399 g/mol. The van der Waals surface area contributed by atoms with E-state index in [1.165, 1.54) is 5.56 Å². The van der Waals surface area contributed by atoms with Crippen LogP contribution in [0.5, 0.6) is 0 Å². The van der Waals surface area contributed by atoms with E-state index in [-0.39, 0.29) is 0 Å². The molecule has 0 aromatic heterocycles. The van der Waals surface area contributed by atoms with Gasteiger partial charge in [-0.15, -0.1) is 0 Å². The largest absolute Gasteiger partial charge is 0.303 e. The quantitative estimate of drug-likeness (QED) is 0.388. The Kier molecular flexibility index (Phi) is 8.01. The van der Waals surface area contributed by atoms with Gasteiger partial charge in [-0.3, -0.25) is 0 Å². The highest BCUT2D eigenvalue weighted by atomic mass is 35.5. The molecule has 0 aliphatic heterocycles. The lowest BCUT2D eigenvalue weighted by molar-refractivity contribution is 0.260. The summed E-state index contributed by atoms with van der Waals surface area (Å²) in [6.07, 6.45) is 6.15. The van der Waals surface area contributed by atoms with E-state index in [4.69, 9.17) is 23.2 Å². The predicted molar refractivity (Wildman–Crippen MR) is 123 cm³/mol. The van der Waals surface area contributed by atoms with E-state index in [0.717, 1.165) is 63.7 Å². The molecule has 1 saturated carbocycles. The maximum Gasteiger partial charge on any atom is 0.0879 e. The van der Waals surface area contributed by atoms with Gasteiger partial charge in [-0.2, -0.15) is 5.26 Å². The fourth-order valence-corrected chi connectivity index (χ4v) is 5.14. The van der Waals surface area contributed by atoms with Gasteiger partial charge >= 0.3 is 0 Å². The van der Waals surface area contributed by atoms with Gasteiger partial charge in [0, 0.05) is 22.2 Å². The van der Waals surface area contributed by atoms with Crippen molar-refractivity contribution in [3.05, 3.63) is 69.7 Å². The van der Waals surface area contributed by atoms with Crippen LogP contribution in [0.25, 0.3) is 0 Å². The van der Waals surface area contributed by atoms with E-state index in [9.17, 15) is 5.26 Å². The second-order valence-electron chi connectivity index (χ2n) is 8.13. The highest BCUT2D eigenvalue weighted by Gasteiger charge is 2.48. The third-order valence-corrected chi connectivity index (χ3v) is 6.66. The maximum absolute atomic E-state index is 10.2. The van der Waals surface area contributed by atoms with Crippen molar-refractivity contribution in [1.29, 1.82) is 5.26 Å². The van der Waals surface area contributed by atoms with Crippen LogP contribution in [0.15, 0.2) is 48.5 Å². The lowest BCUT2D eigenvalue weighted by Gasteiger charge is -2.30. The molecule has 2 nitrogen and oxygen atoms in total. The van der Waals surface area contributed by atoms with Crippen molar-refractivity contribution in [2.24, 2.45) is 5.92 Å². The van der Waals surface area contributed by atoms with Gasteiger partial charge in [0.2, 0.25) is 0 Å². The molecule has 1 unspecified atom stereocenters. The highest BCUT2D eigenvalue weighted by molar-refractivity contribution is 6.36. The van der Waals surface area contributed by atoms with E-state index < -0.39 is 5.41 Å². The fourth-order valence-electron chi connectivity index (χ4n) is 4.40. The van der Waals surface area contributed by atoms with Gasteiger partial charge in [-0.1, -0.05) is 66.5 Å². The van der Waals surface area contributed by atoms with Gasteiger partial charge in [0.15, 0.2) is 0 Å². The average molecular weight is 429 g/mol. The van der Waals surface area contributed by atoms with Crippen LogP contribution in [0, 0.1) is 17.2 Å². The minimum Gasteiger partial charge on any atom is -0.303 e. The van der Waals surface area contributed by atoms with Crippen molar-refractivity contribution in [3.8, 4) is 6.07 Å². The molecule has 0 radical (unpaired) electrons. The second-order valence-corrected chi connectivity index (χ2v) is 8.95. The summed E-state index contributed by atoms with van der Waals surface area (Å²) in [6, 6.07) is 18.9. The van der Waals surface area contributed by atoms with Crippen molar-refractivity contribution in [2.45, 2.75) is 50.9 Å². The van der Waals surface area contributed by atoms with Crippen LogP contribution >= 0.6 is 23.2 Å². The van der Waals surface area contributed by atoms with Gasteiger partial charge in [0.05, 0.1) is 11.5 Å². The molecule has 0 saturated heterocycles. The molecule has 1 aliphatic rings. The molecule has 0 heterocycles. The summed E-state index contributed by atoms with van der Waals surface area (Å²) in [5.74, 6) is 0.369. The number of hydrogen-bond acceptors (Lipinski definition) is 2. The molecule has 3 rings (SSSR count). The van der Waals surface area contributed by atoms with Crippen LogP contribution in [0.2, 0.25) is 10.0 Å². The summed E-state index contributed by atoms with van der Waals surface area (Å²) in [5.41, 5.74) is 1.66. The fraction of sp³-hybridized carbons (Fsp3) is 0.480. The highest BCUT2D eigenvalue weighted by Crippen LogP contribution is 2.53. The zero-order chi connectivity index (χ0) is 20.7. The molecule has 0 spiro atoms. The Balaban J connectivity index is 1.66. The normalized spacial score (nSPS) is 15.8. The first kappa shape index (κ1) is 22.2. The SMILES string of the molecule is CCCN(CCCC(C#N)(c1c(Cl)cccc1Cl)C1CC1)CCc1ccccc1. The van der Waals surface area contributed by atoms with E-state index in [1.54, 1.807) is 0 Å². The van der Waals surface area contributed by atoms with E-state index in [2.05, 4.69) is 48.2 Å². The summed E-state index contributed by atoms with van der Waals surface area (Å²) in [7, 11) is 0. The van der Waals surface area contributed by atoms with Crippen molar-refractivity contribution >= 4 is 23.2 Å². The number of rotatable bonds is 11. The molecule has 154 valence electrons. The Morgan fingerprint density at radius 3 is 2.28 bits per heavy atom. The number of nitrogens with zero attached hydrogens (tertiary/aromatic N) is 2. The van der Waals surface area contributed by atoms with Crippen LogP contribution in [-0.4, -0.2) is 24.5 Å². The first-order valence-corrected chi connectivity index (χ1v) is 11.5. The lowest BCUT2D eigenvalue weighted by Crippen LogP contribution is -2.32. The van der Waals surface area contributed by atoms with Crippen LogP contribution in [0.1, 0.15) is 50.2 Å². The van der Waals surface area contributed by atoms with Gasteiger partial charge < -0.3 is 4.90 Å². The summed E-state index contributed by atoms with van der Waals surface area (Å²) < 4.78 is 0. The monoisotopic (exact) mass is 428 g/mol. The summed E-state index contributed by atoms with van der Waals surface area (Å²) in [6.45, 7) is 5.36. The third-order valence-electron chi connectivity index (χ3n) is 6.03. The summed E-state index contributed by atoms with van der Waals surface area (Å²) >= 11 is 13.1. The molecule has 1 atom stereocenters. The number of benzene rings is 2. The third kappa shape index (κ3) is 5.54. The van der Waals surface area contributed by atoms with E-state index in [0.29, 0.717) is 16.0 Å². The van der Waals surface area contributed by atoms with Gasteiger partial charge in [0.1, 0.15) is 0 Å². The Morgan fingerprint density at radius 2 is 1.69 bits per heavy atom. The van der Waals surface area contributed by atoms with Gasteiger partial charge in [0.25, 0.3) is 0 Å². The standard InChI is InChI=1S/C25H30Cl2N2/c1-2-16-29(18-14-20-8-4-3-5-9-20)17-7-15-25(19-28,21-12-13-21)24-22(26)10-6-11-23(24)27/h3-6,8-11,21H,2,7,12-18H2,1H3. The summed E-state index contributed by atoms with van der Waals surface area (Å²) in [4.78, 5) is 2.52. The first-order valence-electron chi connectivity index (χ1n) is 10.7. The zero-order valence-corrected chi connectivity index (χ0v) is 18.7. The molecular formula is C25H30Cl2N2. The molecule has 1 aliphatic carbocycles. The molecule has 0 bridgehead atoms. The Bertz CT molecular complexity index is 806. The van der Waals surface area contributed by atoms with Crippen molar-refractivity contribution in [3.63, 3.8) is 0 Å². The summed E-state index contributed by atoms with van der Waals surface area (Å²) in [5, 5.41) is 11.5. The van der Waals surface area contributed by atoms with Crippen molar-refractivity contribution in [1.82, 2.24) is 4.90 Å². The van der Waals surface area contributed by atoms with Crippen LogP contribution in [0.3, 0.4) is 0 Å². The number of halogens is 2. The minimum atomic E-state index is -0.563. The molecule has 2 aromatic carbocycles. The molecule has 2 aromatic rings. The smallest absolute Gasteiger partial charge is 0.0879 e. The molecule has 29 heavy (non-hydrogen) atoms. The van der Waals surface area contributed by atoms with Gasteiger partial charge in [-0.05, 0) is 75.2 Å². The Morgan fingerprint density at radius 1 is 1.00 bits per heavy atom. The van der Waals surface area contributed by atoms with Crippen LogP contribution < -0.4 is 0 Å². The first-order chi connectivity index (χ1) is 14.1. The number of nitriles is 1. The van der Waals surface area contributed by atoms with Crippen LogP contribution in [0.4, 0.5) is 0 Å². The van der Waals surface area contributed by atoms with Gasteiger partial charge in [-0.25, -0.2) is 0 Å². The van der Waals surface area contributed by atoms with E-state index >= 15 is 0 Å². The Labute approximate surface area is 185 Å². The van der Waals surface area contributed by atoms with E-state index in [1.807, 2.05) is 18.2 Å². The van der Waals surface area contributed by atoms with Crippen molar-refractivity contribution < 1.29 is 0 Å². The molecule has 0 N–H and O–H groups in total. The van der Waals surface area contributed by atoms with Crippen molar-refractivity contribution in [2.75, 3.05) is 19.6 Å². The molecule has 1 fully saturated rings. The average Bonchev–Trinajstić information content (AvgIpc) is 3.57. The zero-order valence-electron chi connectivity index (χ0n) is 17.2. The molecule has 4 heteroatoms. The molecule has 0 amide bonds. The predicted octanol–water partition coefficient (Wildman–Crippen LogP) is 6.90. The lowest BCUT2D eigenvalue weighted by atomic mass is 9.73.